The van der Waals surface area contributed by atoms with Gasteiger partial charge in [-0.05, 0) is 32.8 Å². The molecule has 2 aromatic rings. The van der Waals surface area contributed by atoms with Crippen molar-refractivity contribution in [3.63, 3.8) is 0 Å². The number of aromatic nitrogens is 4. The minimum Gasteiger partial charge on any atom is -0.354 e. The van der Waals surface area contributed by atoms with Crippen molar-refractivity contribution >= 4 is 5.91 Å². The maximum Gasteiger partial charge on any atom is 0.256 e. The van der Waals surface area contributed by atoms with Crippen molar-refractivity contribution in [1.29, 1.82) is 0 Å². The standard InChI is InChI=1S/C15H21N5O2/c1-10-8-16-9-20(15(10)22)7-6-17-14(21)5-4-13-11(2)18-19-12(13)3/h8-9H,4-7H2,1-3H3,(H,17,21)(H,18,19). The van der Waals surface area contributed by atoms with Crippen LogP contribution in [-0.4, -0.2) is 32.2 Å². The average Bonchev–Trinajstić information content (AvgIpc) is 2.80. The summed E-state index contributed by atoms with van der Waals surface area (Å²) in [7, 11) is 0. The first kappa shape index (κ1) is 15.9. The highest BCUT2D eigenvalue weighted by atomic mass is 16.1. The lowest BCUT2D eigenvalue weighted by Gasteiger charge is -2.08. The first-order valence-electron chi connectivity index (χ1n) is 7.27. The Balaban J connectivity index is 1.79. The third kappa shape index (κ3) is 3.81. The van der Waals surface area contributed by atoms with E-state index in [0.29, 0.717) is 31.5 Å². The number of carbonyl (C=O) groups is 1. The van der Waals surface area contributed by atoms with Gasteiger partial charge in [-0.1, -0.05) is 0 Å². The van der Waals surface area contributed by atoms with Gasteiger partial charge in [0, 0.05) is 37.0 Å². The summed E-state index contributed by atoms with van der Waals surface area (Å²) in [6.45, 7) is 6.43. The fourth-order valence-electron chi connectivity index (χ4n) is 2.30. The molecule has 0 saturated heterocycles. The Labute approximate surface area is 128 Å². The summed E-state index contributed by atoms with van der Waals surface area (Å²) in [5.41, 5.74) is 3.55. The maximum atomic E-state index is 11.9. The van der Waals surface area contributed by atoms with E-state index in [1.54, 1.807) is 6.92 Å². The van der Waals surface area contributed by atoms with Crippen LogP contribution in [0.3, 0.4) is 0 Å². The third-order valence-electron chi connectivity index (χ3n) is 3.63. The number of aryl methyl sites for hydroxylation is 3. The van der Waals surface area contributed by atoms with Crippen LogP contribution in [0.1, 0.15) is 28.9 Å². The normalized spacial score (nSPS) is 10.7. The number of nitrogens with zero attached hydrogens (tertiary/aromatic N) is 3. The van der Waals surface area contributed by atoms with Crippen LogP contribution in [0.25, 0.3) is 0 Å². The topological polar surface area (TPSA) is 92.7 Å². The molecule has 22 heavy (non-hydrogen) atoms. The average molecular weight is 303 g/mol. The van der Waals surface area contributed by atoms with Gasteiger partial charge in [-0.25, -0.2) is 4.98 Å². The fraction of sp³-hybridized carbons (Fsp3) is 0.467. The molecule has 0 spiro atoms. The molecule has 0 saturated carbocycles. The van der Waals surface area contributed by atoms with Crippen LogP contribution in [0.15, 0.2) is 17.3 Å². The molecule has 2 aromatic heterocycles. The van der Waals surface area contributed by atoms with E-state index in [4.69, 9.17) is 0 Å². The maximum absolute atomic E-state index is 11.9. The van der Waals surface area contributed by atoms with Crippen LogP contribution >= 0.6 is 0 Å². The number of rotatable bonds is 6. The van der Waals surface area contributed by atoms with E-state index >= 15 is 0 Å². The molecular weight excluding hydrogens is 282 g/mol. The summed E-state index contributed by atoms with van der Waals surface area (Å²) in [5.74, 6) is -0.0336. The summed E-state index contributed by atoms with van der Waals surface area (Å²) in [6.07, 6.45) is 4.08. The van der Waals surface area contributed by atoms with Gasteiger partial charge < -0.3 is 5.32 Å². The van der Waals surface area contributed by atoms with E-state index < -0.39 is 0 Å². The third-order valence-corrected chi connectivity index (χ3v) is 3.63. The molecule has 0 aliphatic rings. The number of H-pyrrole nitrogens is 1. The first-order chi connectivity index (χ1) is 10.5. The molecular formula is C15H21N5O2. The number of hydrogen-bond donors (Lipinski definition) is 2. The minimum atomic E-state index is -0.0751. The predicted octanol–water partition coefficient (Wildman–Crippen LogP) is 0.641. The smallest absolute Gasteiger partial charge is 0.256 e. The molecule has 0 bridgehead atoms. The van der Waals surface area contributed by atoms with E-state index in [2.05, 4.69) is 20.5 Å². The molecule has 0 radical (unpaired) electrons. The van der Waals surface area contributed by atoms with Crippen molar-refractivity contribution < 1.29 is 4.79 Å². The fourth-order valence-corrected chi connectivity index (χ4v) is 2.30. The Morgan fingerprint density at radius 1 is 1.36 bits per heavy atom. The van der Waals surface area contributed by atoms with Crippen molar-refractivity contribution in [2.24, 2.45) is 0 Å². The van der Waals surface area contributed by atoms with Crippen LogP contribution in [0.5, 0.6) is 0 Å². The van der Waals surface area contributed by atoms with Gasteiger partial charge >= 0.3 is 0 Å². The molecule has 2 heterocycles. The van der Waals surface area contributed by atoms with Gasteiger partial charge in [0.15, 0.2) is 0 Å². The summed E-state index contributed by atoms with van der Waals surface area (Å²) >= 11 is 0. The SMILES string of the molecule is Cc1n[nH]c(C)c1CCC(=O)NCCn1cncc(C)c1=O. The molecule has 118 valence electrons. The number of amides is 1. The summed E-state index contributed by atoms with van der Waals surface area (Å²) < 4.78 is 1.50. The zero-order valence-corrected chi connectivity index (χ0v) is 13.1. The Morgan fingerprint density at radius 2 is 2.14 bits per heavy atom. The van der Waals surface area contributed by atoms with Crippen LogP contribution in [0.2, 0.25) is 0 Å². The number of aromatic amines is 1. The highest BCUT2D eigenvalue weighted by Gasteiger charge is 2.09. The van der Waals surface area contributed by atoms with Crippen LogP contribution in [-0.2, 0) is 17.8 Å². The van der Waals surface area contributed by atoms with E-state index in [-0.39, 0.29) is 11.5 Å². The van der Waals surface area contributed by atoms with Crippen molar-refractivity contribution in [3.8, 4) is 0 Å². The molecule has 1 amide bonds. The zero-order valence-electron chi connectivity index (χ0n) is 13.1. The van der Waals surface area contributed by atoms with E-state index in [1.807, 2.05) is 13.8 Å². The number of carbonyl (C=O) groups excluding carboxylic acids is 1. The summed E-state index contributed by atoms with van der Waals surface area (Å²) in [6, 6.07) is 0. The lowest BCUT2D eigenvalue weighted by molar-refractivity contribution is -0.121. The van der Waals surface area contributed by atoms with Gasteiger partial charge in [-0.15, -0.1) is 0 Å². The van der Waals surface area contributed by atoms with E-state index in [9.17, 15) is 9.59 Å². The summed E-state index contributed by atoms with van der Waals surface area (Å²) in [5, 5.41) is 9.84. The molecule has 2 N–H and O–H groups in total. The Hall–Kier alpha value is -2.44. The second-order valence-corrected chi connectivity index (χ2v) is 5.34. The van der Waals surface area contributed by atoms with Crippen molar-refractivity contribution in [2.75, 3.05) is 6.54 Å². The van der Waals surface area contributed by atoms with E-state index in [1.165, 1.54) is 17.1 Å². The number of hydrogen-bond acceptors (Lipinski definition) is 4. The van der Waals surface area contributed by atoms with Gasteiger partial charge in [-0.2, -0.15) is 5.10 Å². The molecule has 0 aliphatic heterocycles. The molecule has 7 nitrogen and oxygen atoms in total. The quantitative estimate of drug-likeness (QED) is 0.819. The lowest BCUT2D eigenvalue weighted by atomic mass is 10.1. The molecule has 0 aliphatic carbocycles. The molecule has 7 heteroatoms. The largest absolute Gasteiger partial charge is 0.354 e. The number of nitrogens with one attached hydrogen (secondary N) is 2. The van der Waals surface area contributed by atoms with Crippen molar-refractivity contribution in [3.05, 3.63) is 45.4 Å². The van der Waals surface area contributed by atoms with Crippen LogP contribution in [0.4, 0.5) is 0 Å². The monoisotopic (exact) mass is 303 g/mol. The highest BCUT2D eigenvalue weighted by molar-refractivity contribution is 5.76. The van der Waals surface area contributed by atoms with Crippen LogP contribution < -0.4 is 10.9 Å². The molecule has 0 aromatic carbocycles. The molecule has 0 fully saturated rings. The second kappa shape index (κ2) is 7.02. The lowest BCUT2D eigenvalue weighted by Crippen LogP contribution is -2.31. The molecule has 0 atom stereocenters. The van der Waals surface area contributed by atoms with Crippen LogP contribution in [0, 0.1) is 20.8 Å². The predicted molar refractivity (Wildman–Crippen MR) is 82.6 cm³/mol. The van der Waals surface area contributed by atoms with Gasteiger partial charge in [0.2, 0.25) is 5.91 Å². The van der Waals surface area contributed by atoms with Gasteiger partial charge in [0.05, 0.1) is 12.0 Å². The van der Waals surface area contributed by atoms with E-state index in [0.717, 1.165) is 17.0 Å². The van der Waals surface area contributed by atoms with Crippen molar-refractivity contribution in [1.82, 2.24) is 25.1 Å². The van der Waals surface area contributed by atoms with Gasteiger partial charge in [0.25, 0.3) is 5.56 Å². The van der Waals surface area contributed by atoms with Gasteiger partial charge in [-0.3, -0.25) is 19.3 Å². The Bertz CT molecular complexity index is 697. The Morgan fingerprint density at radius 3 is 2.82 bits per heavy atom. The zero-order chi connectivity index (χ0) is 16.1. The second-order valence-electron chi connectivity index (χ2n) is 5.34. The Kier molecular flexibility index (Phi) is 5.08. The highest BCUT2D eigenvalue weighted by Crippen LogP contribution is 2.11. The molecule has 2 rings (SSSR count). The van der Waals surface area contributed by atoms with Crippen molar-refractivity contribution in [2.45, 2.75) is 40.2 Å². The first-order valence-corrected chi connectivity index (χ1v) is 7.27. The summed E-state index contributed by atoms with van der Waals surface area (Å²) in [4.78, 5) is 27.6. The van der Waals surface area contributed by atoms with Gasteiger partial charge in [0.1, 0.15) is 0 Å². The molecule has 0 unspecified atom stereocenters. The minimum absolute atomic E-state index is 0.0336.